The number of nitrogens with zero attached hydrogens (tertiary/aromatic N) is 3. The number of aliphatic hydroxyl groups is 1. The average Bonchev–Trinajstić information content (AvgIpc) is 2.66. The van der Waals surface area contributed by atoms with E-state index in [9.17, 15) is 5.11 Å². The molecule has 1 aliphatic rings. The fraction of sp³-hybridized carbons (Fsp3) is 0.667. The number of hydrogen-bond donors (Lipinski definition) is 1. The van der Waals surface area contributed by atoms with Crippen molar-refractivity contribution >= 4 is 17.4 Å². The number of aryl methyl sites for hydroxylation is 1. The van der Waals surface area contributed by atoms with Crippen molar-refractivity contribution in [3.63, 3.8) is 0 Å². The van der Waals surface area contributed by atoms with Gasteiger partial charge in [0.25, 0.3) is 0 Å². The molecule has 0 bridgehead atoms. The van der Waals surface area contributed by atoms with Gasteiger partial charge in [0.1, 0.15) is 5.82 Å². The molecule has 1 N–H and O–H groups in total. The van der Waals surface area contributed by atoms with Crippen LogP contribution in [0.4, 0.5) is 5.82 Å². The maximum atomic E-state index is 9.41. The molecule has 0 aliphatic carbocycles. The molecule has 2 heterocycles. The number of imidazole rings is 1. The number of aromatic nitrogens is 2. The molecular weight excluding hydrogens is 202 g/mol. The molecule has 0 aromatic carbocycles. The molecule has 78 valence electrons. The number of anilines is 1. The summed E-state index contributed by atoms with van der Waals surface area (Å²) in [5.41, 5.74) is 0. The largest absolute Gasteiger partial charge is 0.391 e. The van der Waals surface area contributed by atoms with Crippen LogP contribution in [0.1, 0.15) is 12.2 Å². The first-order chi connectivity index (χ1) is 6.59. The fourth-order valence-electron chi connectivity index (χ4n) is 1.70. The minimum atomic E-state index is -0.242. The quantitative estimate of drug-likeness (QED) is 0.759. The van der Waals surface area contributed by atoms with Gasteiger partial charge in [0.2, 0.25) is 0 Å². The van der Waals surface area contributed by atoms with E-state index in [2.05, 4.69) is 4.98 Å². The molecule has 1 aliphatic heterocycles. The molecule has 2 rings (SSSR count). The Morgan fingerprint density at radius 2 is 2.29 bits per heavy atom. The summed E-state index contributed by atoms with van der Waals surface area (Å²) in [6.07, 6.45) is 0.555. The maximum absolute atomic E-state index is 9.41. The van der Waals surface area contributed by atoms with Gasteiger partial charge in [-0.1, -0.05) is 11.6 Å². The Morgan fingerprint density at radius 1 is 1.57 bits per heavy atom. The lowest BCUT2D eigenvalue weighted by Crippen LogP contribution is -2.21. The van der Waals surface area contributed by atoms with Crippen LogP contribution in [0.15, 0.2) is 0 Å². The Bertz CT molecular complexity index is 350. The second-order valence-corrected chi connectivity index (χ2v) is 4.08. The third kappa shape index (κ3) is 1.48. The Labute approximate surface area is 88.1 Å². The van der Waals surface area contributed by atoms with Crippen molar-refractivity contribution in [1.82, 2.24) is 9.55 Å². The molecule has 1 fully saturated rings. The van der Waals surface area contributed by atoms with Gasteiger partial charge < -0.3 is 14.6 Å². The molecule has 1 aromatic heterocycles. The average molecular weight is 216 g/mol. The zero-order valence-electron chi connectivity index (χ0n) is 8.37. The van der Waals surface area contributed by atoms with Crippen molar-refractivity contribution in [2.45, 2.75) is 19.4 Å². The lowest BCUT2D eigenvalue weighted by molar-refractivity contribution is 0.198. The predicted molar refractivity (Wildman–Crippen MR) is 55.8 cm³/mol. The number of aliphatic hydroxyl groups excluding tert-OH is 1. The lowest BCUT2D eigenvalue weighted by Gasteiger charge is -2.14. The number of β-amino-alcohol motifs (C(OH)–C–C–N with tert-alkyl or cyclic N) is 1. The second kappa shape index (κ2) is 3.44. The van der Waals surface area contributed by atoms with Gasteiger partial charge >= 0.3 is 0 Å². The van der Waals surface area contributed by atoms with E-state index in [1.807, 2.05) is 23.4 Å². The van der Waals surface area contributed by atoms with Crippen molar-refractivity contribution in [2.24, 2.45) is 7.05 Å². The van der Waals surface area contributed by atoms with Gasteiger partial charge in [-0.2, -0.15) is 0 Å². The highest BCUT2D eigenvalue weighted by atomic mass is 35.5. The van der Waals surface area contributed by atoms with Crippen LogP contribution >= 0.6 is 11.6 Å². The molecule has 0 radical (unpaired) electrons. The van der Waals surface area contributed by atoms with Gasteiger partial charge in [-0.25, -0.2) is 4.98 Å². The number of hydrogen-bond acceptors (Lipinski definition) is 3. The molecule has 14 heavy (non-hydrogen) atoms. The molecule has 1 aromatic rings. The molecule has 5 heteroatoms. The predicted octanol–water partition coefficient (Wildman–Crippen LogP) is 0.953. The molecule has 1 atom stereocenters. The van der Waals surface area contributed by atoms with Crippen molar-refractivity contribution in [3.8, 4) is 0 Å². The van der Waals surface area contributed by atoms with E-state index in [0.717, 1.165) is 24.6 Å². The second-order valence-electron chi connectivity index (χ2n) is 3.72. The Morgan fingerprint density at radius 3 is 2.71 bits per heavy atom. The molecular formula is C9H14ClN3O. The van der Waals surface area contributed by atoms with E-state index in [-0.39, 0.29) is 6.10 Å². The smallest absolute Gasteiger partial charge is 0.166 e. The van der Waals surface area contributed by atoms with E-state index >= 15 is 0 Å². The van der Waals surface area contributed by atoms with Gasteiger partial charge in [-0.05, 0) is 13.3 Å². The normalized spacial score (nSPS) is 22.0. The van der Waals surface area contributed by atoms with E-state index in [0.29, 0.717) is 11.7 Å². The van der Waals surface area contributed by atoms with Crippen LogP contribution in [0.25, 0.3) is 0 Å². The first kappa shape index (κ1) is 9.80. The van der Waals surface area contributed by atoms with E-state index < -0.39 is 0 Å². The third-order valence-corrected chi connectivity index (χ3v) is 3.12. The van der Waals surface area contributed by atoms with Crippen molar-refractivity contribution in [3.05, 3.63) is 11.0 Å². The highest BCUT2D eigenvalue weighted by Gasteiger charge is 2.25. The van der Waals surface area contributed by atoms with Crippen molar-refractivity contribution < 1.29 is 5.11 Å². The van der Waals surface area contributed by atoms with Crippen LogP contribution in [-0.2, 0) is 7.05 Å². The molecule has 1 unspecified atom stereocenters. The maximum Gasteiger partial charge on any atom is 0.166 e. The Balaban J connectivity index is 2.28. The van der Waals surface area contributed by atoms with Gasteiger partial charge in [0.15, 0.2) is 11.0 Å². The topological polar surface area (TPSA) is 41.3 Å². The summed E-state index contributed by atoms with van der Waals surface area (Å²) in [5, 5.41) is 10.1. The van der Waals surface area contributed by atoms with Crippen molar-refractivity contribution in [2.75, 3.05) is 18.0 Å². The molecule has 4 nitrogen and oxygen atoms in total. The lowest BCUT2D eigenvalue weighted by atomic mass is 10.3. The fourth-order valence-corrected chi connectivity index (χ4v) is 1.99. The first-order valence-electron chi connectivity index (χ1n) is 4.71. The summed E-state index contributed by atoms with van der Waals surface area (Å²) in [6, 6.07) is 0. The highest BCUT2D eigenvalue weighted by Crippen LogP contribution is 2.28. The molecule has 1 saturated heterocycles. The zero-order valence-corrected chi connectivity index (χ0v) is 9.12. The zero-order chi connectivity index (χ0) is 10.3. The van der Waals surface area contributed by atoms with Gasteiger partial charge in [-0.15, -0.1) is 0 Å². The summed E-state index contributed by atoms with van der Waals surface area (Å²) in [7, 11) is 1.89. The highest BCUT2D eigenvalue weighted by molar-refractivity contribution is 6.32. The van der Waals surface area contributed by atoms with E-state index in [4.69, 9.17) is 11.6 Å². The van der Waals surface area contributed by atoms with E-state index in [1.54, 1.807) is 0 Å². The van der Waals surface area contributed by atoms with Gasteiger partial charge in [-0.3, -0.25) is 0 Å². The van der Waals surface area contributed by atoms with E-state index in [1.165, 1.54) is 0 Å². The van der Waals surface area contributed by atoms with Crippen LogP contribution < -0.4 is 4.90 Å². The van der Waals surface area contributed by atoms with Gasteiger partial charge in [0.05, 0.1) is 6.10 Å². The summed E-state index contributed by atoms with van der Waals surface area (Å²) in [6.45, 7) is 3.38. The Hall–Kier alpha value is -0.740. The van der Waals surface area contributed by atoms with Crippen LogP contribution in [0.2, 0.25) is 5.15 Å². The van der Waals surface area contributed by atoms with Crippen LogP contribution in [0, 0.1) is 6.92 Å². The van der Waals surface area contributed by atoms with Crippen LogP contribution in [-0.4, -0.2) is 33.9 Å². The summed E-state index contributed by atoms with van der Waals surface area (Å²) >= 11 is 6.12. The molecule has 0 spiro atoms. The van der Waals surface area contributed by atoms with Crippen LogP contribution in [0.5, 0.6) is 0 Å². The summed E-state index contributed by atoms with van der Waals surface area (Å²) in [4.78, 5) is 6.40. The summed E-state index contributed by atoms with van der Waals surface area (Å²) < 4.78 is 1.85. The molecule has 0 saturated carbocycles. The monoisotopic (exact) mass is 215 g/mol. The Kier molecular flexibility index (Phi) is 2.41. The standard InChI is InChI=1S/C9H14ClN3O/c1-6-11-9(8(10)12(6)2)13-4-3-7(14)5-13/h7,14H,3-5H2,1-2H3. The summed E-state index contributed by atoms with van der Waals surface area (Å²) in [5.74, 6) is 1.69. The van der Waals surface area contributed by atoms with Crippen LogP contribution in [0.3, 0.4) is 0 Å². The number of halogens is 1. The first-order valence-corrected chi connectivity index (χ1v) is 5.09. The molecule has 0 amide bonds. The minimum absolute atomic E-state index is 0.242. The van der Waals surface area contributed by atoms with Gasteiger partial charge in [0, 0.05) is 20.1 Å². The number of rotatable bonds is 1. The minimum Gasteiger partial charge on any atom is -0.391 e. The van der Waals surface area contributed by atoms with Crippen molar-refractivity contribution in [1.29, 1.82) is 0 Å². The SMILES string of the molecule is Cc1nc(N2CCC(O)C2)c(Cl)n1C. The third-order valence-electron chi connectivity index (χ3n) is 2.70.